The Bertz CT molecular complexity index is 607. The Morgan fingerprint density at radius 1 is 1.29 bits per heavy atom. The zero-order valence-electron chi connectivity index (χ0n) is 11.8. The van der Waals surface area contributed by atoms with E-state index in [0.717, 1.165) is 11.3 Å². The number of halogens is 2. The van der Waals surface area contributed by atoms with Crippen LogP contribution < -0.4 is 11.3 Å². The molecule has 112 valence electrons. The van der Waals surface area contributed by atoms with E-state index in [1.807, 2.05) is 12.1 Å². The van der Waals surface area contributed by atoms with E-state index in [9.17, 15) is 4.39 Å². The lowest BCUT2D eigenvalue weighted by atomic mass is 10.1. The van der Waals surface area contributed by atoms with Crippen LogP contribution in [0.25, 0.3) is 0 Å². The van der Waals surface area contributed by atoms with Crippen molar-refractivity contribution >= 4 is 23.4 Å². The first-order valence-electron chi connectivity index (χ1n) is 6.68. The first-order valence-corrected chi connectivity index (χ1v) is 8.04. The highest BCUT2D eigenvalue weighted by Gasteiger charge is 2.10. The first-order chi connectivity index (χ1) is 10.1. The Morgan fingerprint density at radius 3 is 2.76 bits per heavy atom. The predicted molar refractivity (Wildman–Crippen MR) is 88.1 cm³/mol. The molecule has 5 heteroatoms. The number of hydrogen-bond donors (Lipinski definition) is 2. The number of rotatable bonds is 6. The van der Waals surface area contributed by atoms with Gasteiger partial charge in [0.15, 0.2) is 0 Å². The molecule has 0 saturated heterocycles. The normalized spacial score (nSPS) is 12.4. The highest BCUT2D eigenvalue weighted by Crippen LogP contribution is 2.21. The van der Waals surface area contributed by atoms with Gasteiger partial charge in [-0.15, -0.1) is 11.8 Å². The molecule has 2 rings (SSSR count). The van der Waals surface area contributed by atoms with Crippen LogP contribution in [-0.4, -0.2) is 11.8 Å². The third kappa shape index (κ3) is 5.00. The minimum Gasteiger partial charge on any atom is -0.271 e. The number of nitrogens with one attached hydrogen (secondary N) is 1. The molecule has 0 saturated carbocycles. The quantitative estimate of drug-likeness (QED) is 0.480. The van der Waals surface area contributed by atoms with E-state index in [4.69, 9.17) is 17.4 Å². The van der Waals surface area contributed by atoms with Gasteiger partial charge in [0.25, 0.3) is 0 Å². The van der Waals surface area contributed by atoms with Gasteiger partial charge in [-0.05, 0) is 43.2 Å². The smallest absolute Gasteiger partial charge is 0.142 e. The van der Waals surface area contributed by atoms with Crippen molar-refractivity contribution in [3.05, 3.63) is 64.4 Å². The van der Waals surface area contributed by atoms with E-state index < -0.39 is 5.82 Å². The van der Waals surface area contributed by atoms with Crippen molar-refractivity contribution < 1.29 is 4.39 Å². The van der Waals surface area contributed by atoms with Gasteiger partial charge in [0.2, 0.25) is 0 Å². The molecule has 0 aliphatic heterocycles. The van der Waals surface area contributed by atoms with Crippen molar-refractivity contribution in [3.63, 3.8) is 0 Å². The molecule has 2 aromatic rings. The van der Waals surface area contributed by atoms with E-state index in [1.165, 1.54) is 16.5 Å². The Labute approximate surface area is 133 Å². The number of hydrogen-bond acceptors (Lipinski definition) is 3. The number of aryl methyl sites for hydroxylation is 1. The summed E-state index contributed by atoms with van der Waals surface area (Å²) < 4.78 is 13.4. The van der Waals surface area contributed by atoms with Gasteiger partial charge in [0.1, 0.15) is 5.82 Å². The van der Waals surface area contributed by atoms with Gasteiger partial charge in [-0.2, -0.15) is 0 Å². The van der Waals surface area contributed by atoms with Crippen molar-refractivity contribution in [2.75, 3.05) is 5.75 Å². The Morgan fingerprint density at radius 2 is 2.10 bits per heavy atom. The van der Waals surface area contributed by atoms with Gasteiger partial charge < -0.3 is 0 Å². The highest BCUT2D eigenvalue weighted by molar-refractivity contribution is 7.99. The lowest BCUT2D eigenvalue weighted by Gasteiger charge is -2.16. The van der Waals surface area contributed by atoms with Crippen LogP contribution in [0, 0.1) is 12.7 Å². The number of benzene rings is 2. The summed E-state index contributed by atoms with van der Waals surface area (Å²) in [4.78, 5) is 1.21. The molecule has 0 aromatic heterocycles. The standard InChI is InChI=1S/C16H18ClFN2S/c1-11-3-2-4-14(7-11)21-10-13(20-19)8-12-5-6-15(17)16(18)9-12/h2-7,9,13,20H,8,10,19H2,1H3. The second-order valence-electron chi connectivity index (χ2n) is 4.94. The van der Waals surface area contributed by atoms with E-state index in [-0.39, 0.29) is 11.1 Å². The summed E-state index contributed by atoms with van der Waals surface area (Å²) in [5, 5.41) is 0.144. The number of thioether (sulfide) groups is 1. The molecule has 2 nitrogen and oxygen atoms in total. The second kappa shape index (κ2) is 7.80. The summed E-state index contributed by atoms with van der Waals surface area (Å²) in [6.07, 6.45) is 0.656. The van der Waals surface area contributed by atoms with E-state index in [0.29, 0.717) is 6.42 Å². The minimum absolute atomic E-state index is 0.0658. The average Bonchev–Trinajstić information content (AvgIpc) is 2.47. The second-order valence-corrected chi connectivity index (χ2v) is 6.44. The van der Waals surface area contributed by atoms with Crippen molar-refractivity contribution in [2.24, 2.45) is 5.84 Å². The molecule has 3 N–H and O–H groups in total. The minimum atomic E-state index is -0.392. The van der Waals surface area contributed by atoms with Gasteiger partial charge in [-0.1, -0.05) is 35.4 Å². The molecule has 0 heterocycles. The molecule has 0 radical (unpaired) electrons. The molecule has 21 heavy (non-hydrogen) atoms. The zero-order valence-corrected chi connectivity index (χ0v) is 13.3. The van der Waals surface area contributed by atoms with Gasteiger partial charge in [-0.3, -0.25) is 11.3 Å². The molecule has 1 atom stereocenters. The summed E-state index contributed by atoms with van der Waals surface area (Å²) in [5.41, 5.74) is 4.91. The summed E-state index contributed by atoms with van der Waals surface area (Å²) in [7, 11) is 0. The molecule has 0 amide bonds. The lowest BCUT2D eigenvalue weighted by Crippen LogP contribution is -2.38. The topological polar surface area (TPSA) is 38.0 Å². The molecule has 0 spiro atoms. The molecular weight excluding hydrogens is 307 g/mol. The summed E-state index contributed by atoms with van der Waals surface area (Å²) >= 11 is 7.42. The molecule has 0 aliphatic rings. The van der Waals surface area contributed by atoms with Gasteiger partial charge in [0.05, 0.1) is 5.02 Å². The maximum atomic E-state index is 13.4. The number of hydrazine groups is 1. The Hall–Kier alpha value is -1.07. The van der Waals surface area contributed by atoms with E-state index >= 15 is 0 Å². The van der Waals surface area contributed by atoms with Crippen LogP contribution in [0.2, 0.25) is 5.02 Å². The SMILES string of the molecule is Cc1cccc(SCC(Cc2ccc(Cl)c(F)c2)NN)c1. The maximum Gasteiger partial charge on any atom is 0.142 e. The summed E-state index contributed by atoms with van der Waals surface area (Å²) in [6, 6.07) is 13.3. The lowest BCUT2D eigenvalue weighted by molar-refractivity contribution is 0.570. The summed E-state index contributed by atoms with van der Waals surface area (Å²) in [6.45, 7) is 2.07. The highest BCUT2D eigenvalue weighted by atomic mass is 35.5. The largest absolute Gasteiger partial charge is 0.271 e. The van der Waals surface area contributed by atoms with Gasteiger partial charge >= 0.3 is 0 Å². The first kappa shape index (κ1) is 16.3. The molecular formula is C16H18ClFN2S. The van der Waals surface area contributed by atoms with Crippen LogP contribution in [0.3, 0.4) is 0 Å². The Kier molecular flexibility index (Phi) is 6.06. The van der Waals surface area contributed by atoms with E-state index in [1.54, 1.807) is 17.8 Å². The van der Waals surface area contributed by atoms with Crippen molar-refractivity contribution in [1.82, 2.24) is 5.43 Å². The molecule has 0 bridgehead atoms. The van der Waals surface area contributed by atoms with Gasteiger partial charge in [-0.25, -0.2) is 4.39 Å². The van der Waals surface area contributed by atoms with Crippen molar-refractivity contribution in [1.29, 1.82) is 0 Å². The predicted octanol–water partition coefficient (Wildman–Crippen LogP) is 3.95. The van der Waals surface area contributed by atoms with E-state index in [2.05, 4.69) is 30.5 Å². The number of nitrogens with two attached hydrogens (primary N) is 1. The van der Waals surface area contributed by atoms with Crippen LogP contribution in [-0.2, 0) is 6.42 Å². The fraction of sp³-hybridized carbons (Fsp3) is 0.250. The van der Waals surface area contributed by atoms with Gasteiger partial charge in [0, 0.05) is 16.7 Å². The third-order valence-electron chi connectivity index (χ3n) is 3.14. The van der Waals surface area contributed by atoms with Crippen LogP contribution in [0.4, 0.5) is 4.39 Å². The molecule has 1 unspecified atom stereocenters. The van der Waals surface area contributed by atoms with Crippen LogP contribution >= 0.6 is 23.4 Å². The van der Waals surface area contributed by atoms with Crippen LogP contribution in [0.15, 0.2) is 47.4 Å². The molecule has 0 aliphatic carbocycles. The molecule has 2 aromatic carbocycles. The van der Waals surface area contributed by atoms with Crippen molar-refractivity contribution in [2.45, 2.75) is 24.3 Å². The monoisotopic (exact) mass is 324 g/mol. The third-order valence-corrected chi connectivity index (χ3v) is 4.61. The Balaban J connectivity index is 1.95. The fourth-order valence-corrected chi connectivity index (χ4v) is 3.19. The summed E-state index contributed by atoms with van der Waals surface area (Å²) in [5.74, 6) is 6.02. The maximum absolute atomic E-state index is 13.4. The zero-order chi connectivity index (χ0) is 15.2. The van der Waals surface area contributed by atoms with Crippen LogP contribution in [0.5, 0.6) is 0 Å². The average molecular weight is 325 g/mol. The van der Waals surface area contributed by atoms with Crippen LogP contribution in [0.1, 0.15) is 11.1 Å². The fourth-order valence-electron chi connectivity index (χ4n) is 2.02. The molecule has 0 fully saturated rings. The van der Waals surface area contributed by atoms with Crippen molar-refractivity contribution in [3.8, 4) is 0 Å².